The van der Waals surface area contributed by atoms with E-state index in [0.29, 0.717) is 22.8 Å². The Balaban J connectivity index is 1.77. The molecule has 0 saturated carbocycles. The zero-order valence-corrected chi connectivity index (χ0v) is 13.9. The molecule has 1 N–H and O–H groups in total. The summed E-state index contributed by atoms with van der Waals surface area (Å²) in [7, 11) is 1.77. The molecule has 1 aromatic carbocycles. The molecule has 0 radical (unpaired) electrons. The van der Waals surface area contributed by atoms with Crippen molar-refractivity contribution in [3.8, 4) is 11.5 Å². The second-order valence-electron chi connectivity index (χ2n) is 5.72. The summed E-state index contributed by atoms with van der Waals surface area (Å²) in [6.45, 7) is 0. The van der Waals surface area contributed by atoms with E-state index >= 15 is 0 Å². The number of benzene rings is 1. The van der Waals surface area contributed by atoms with Crippen LogP contribution in [0.4, 0.5) is 10.1 Å². The summed E-state index contributed by atoms with van der Waals surface area (Å²) in [5.74, 6) is -0.0870. The number of aromatic nitrogens is 5. The van der Waals surface area contributed by atoms with E-state index in [1.165, 1.54) is 18.3 Å². The summed E-state index contributed by atoms with van der Waals surface area (Å²) in [6.07, 6.45) is 8.40. The normalized spacial score (nSPS) is 10.8. The second kappa shape index (κ2) is 6.32. The smallest absolute Gasteiger partial charge is 0.261 e. The topological polar surface area (TPSA) is 69.7 Å². The van der Waals surface area contributed by atoms with Crippen LogP contribution in [0.5, 0.6) is 0 Å². The summed E-state index contributed by atoms with van der Waals surface area (Å²) < 4.78 is 18.2. The van der Waals surface area contributed by atoms with E-state index in [1.54, 1.807) is 45.5 Å². The lowest BCUT2D eigenvalue weighted by atomic mass is 10.2. The van der Waals surface area contributed by atoms with Crippen LogP contribution >= 0.6 is 0 Å². The monoisotopic (exact) mass is 350 g/mol. The molecular weight excluding hydrogens is 335 g/mol. The number of anilines is 1. The van der Waals surface area contributed by atoms with Crippen LogP contribution in [0.1, 0.15) is 10.4 Å². The number of nitrogens with one attached hydrogen (secondary N) is 1. The van der Waals surface area contributed by atoms with Gasteiger partial charge in [-0.15, -0.1) is 0 Å². The minimum Gasteiger partial charge on any atom is -0.319 e. The molecular formula is C18H15FN6O. The molecule has 0 unspecified atom stereocenters. The highest BCUT2D eigenvalue weighted by Crippen LogP contribution is 2.21. The zero-order chi connectivity index (χ0) is 18.1. The minimum atomic E-state index is -0.335. The van der Waals surface area contributed by atoms with Gasteiger partial charge in [0, 0.05) is 25.6 Å². The quantitative estimate of drug-likeness (QED) is 0.615. The third-order valence-electron chi connectivity index (χ3n) is 3.87. The van der Waals surface area contributed by atoms with E-state index in [2.05, 4.69) is 15.5 Å². The molecule has 0 aliphatic carbocycles. The zero-order valence-electron chi connectivity index (χ0n) is 13.9. The number of amides is 1. The lowest BCUT2D eigenvalue weighted by Gasteiger charge is -2.11. The summed E-state index contributed by atoms with van der Waals surface area (Å²) in [5, 5.41) is 11.2. The van der Waals surface area contributed by atoms with Crippen LogP contribution in [0.15, 0.2) is 67.4 Å². The van der Waals surface area contributed by atoms with Gasteiger partial charge in [0.1, 0.15) is 11.4 Å². The molecule has 4 aromatic rings. The Kier molecular flexibility index (Phi) is 3.85. The second-order valence-corrected chi connectivity index (χ2v) is 5.72. The molecule has 0 fully saturated rings. The van der Waals surface area contributed by atoms with Crippen LogP contribution in [0.25, 0.3) is 11.5 Å². The fraction of sp³-hybridized carbons (Fsp3) is 0.0556. The Morgan fingerprint density at radius 1 is 1.08 bits per heavy atom. The Hall–Kier alpha value is -3.68. The van der Waals surface area contributed by atoms with Gasteiger partial charge in [0.25, 0.3) is 5.91 Å². The largest absolute Gasteiger partial charge is 0.319 e. The van der Waals surface area contributed by atoms with Crippen molar-refractivity contribution in [2.45, 2.75) is 0 Å². The first-order valence-electron chi connectivity index (χ1n) is 7.89. The maximum Gasteiger partial charge on any atom is 0.261 e. The molecule has 26 heavy (non-hydrogen) atoms. The number of nitrogens with zero attached hydrogens (tertiary/aromatic N) is 5. The van der Waals surface area contributed by atoms with Crippen molar-refractivity contribution in [1.82, 2.24) is 24.1 Å². The maximum atomic E-state index is 13.2. The molecule has 3 aromatic heterocycles. The average Bonchev–Trinajstić information content (AvgIpc) is 3.35. The van der Waals surface area contributed by atoms with Crippen molar-refractivity contribution in [1.29, 1.82) is 0 Å². The summed E-state index contributed by atoms with van der Waals surface area (Å²) >= 11 is 0. The van der Waals surface area contributed by atoms with Crippen LogP contribution in [0, 0.1) is 5.82 Å². The predicted molar refractivity (Wildman–Crippen MR) is 94.0 cm³/mol. The highest BCUT2D eigenvalue weighted by atomic mass is 19.1. The Morgan fingerprint density at radius 2 is 1.81 bits per heavy atom. The predicted octanol–water partition coefficient (Wildman–Crippen LogP) is 2.79. The lowest BCUT2D eigenvalue weighted by Crippen LogP contribution is -2.15. The first-order chi connectivity index (χ1) is 12.6. The fourth-order valence-corrected chi connectivity index (χ4v) is 2.68. The van der Waals surface area contributed by atoms with Gasteiger partial charge >= 0.3 is 0 Å². The van der Waals surface area contributed by atoms with Crippen LogP contribution in [-0.2, 0) is 7.05 Å². The van der Waals surface area contributed by atoms with Gasteiger partial charge in [0.2, 0.25) is 0 Å². The molecule has 1 amide bonds. The molecule has 0 atom stereocenters. The van der Waals surface area contributed by atoms with Gasteiger partial charge in [-0.25, -0.2) is 9.07 Å². The van der Waals surface area contributed by atoms with Gasteiger partial charge in [-0.05, 0) is 36.4 Å². The Bertz CT molecular complexity index is 1050. The molecule has 8 heteroatoms. The Morgan fingerprint density at radius 3 is 2.46 bits per heavy atom. The van der Waals surface area contributed by atoms with Crippen molar-refractivity contribution >= 4 is 11.6 Å². The van der Waals surface area contributed by atoms with Crippen molar-refractivity contribution in [2.24, 2.45) is 7.05 Å². The average molecular weight is 350 g/mol. The third-order valence-corrected chi connectivity index (χ3v) is 3.87. The van der Waals surface area contributed by atoms with Crippen molar-refractivity contribution < 1.29 is 9.18 Å². The van der Waals surface area contributed by atoms with Gasteiger partial charge in [0.05, 0.1) is 23.8 Å². The molecule has 0 aliphatic heterocycles. The van der Waals surface area contributed by atoms with E-state index in [1.807, 2.05) is 24.5 Å². The fourth-order valence-electron chi connectivity index (χ4n) is 2.68. The van der Waals surface area contributed by atoms with E-state index in [4.69, 9.17) is 0 Å². The van der Waals surface area contributed by atoms with Gasteiger partial charge in [-0.1, -0.05) is 0 Å². The first kappa shape index (κ1) is 15.8. The van der Waals surface area contributed by atoms with Crippen LogP contribution in [0.2, 0.25) is 0 Å². The molecule has 7 nitrogen and oxygen atoms in total. The minimum absolute atomic E-state index is 0.310. The molecule has 130 valence electrons. The lowest BCUT2D eigenvalue weighted by molar-refractivity contribution is 0.102. The SMILES string of the molecule is Cn1cc(NC(=O)c2cnn(-c3ccc(F)cc3)c2-n2cccc2)cn1. The van der Waals surface area contributed by atoms with E-state index in [9.17, 15) is 9.18 Å². The number of halogens is 1. The van der Waals surface area contributed by atoms with Crippen LogP contribution in [-0.4, -0.2) is 30.0 Å². The van der Waals surface area contributed by atoms with Crippen molar-refractivity contribution in [3.63, 3.8) is 0 Å². The Labute approximate surface area is 148 Å². The van der Waals surface area contributed by atoms with E-state index < -0.39 is 0 Å². The van der Waals surface area contributed by atoms with E-state index in [0.717, 1.165) is 0 Å². The van der Waals surface area contributed by atoms with E-state index in [-0.39, 0.29) is 11.7 Å². The summed E-state index contributed by atoms with van der Waals surface area (Å²) in [4.78, 5) is 12.8. The number of aryl methyl sites for hydroxylation is 1. The molecule has 4 rings (SSSR count). The molecule has 0 spiro atoms. The molecule has 0 bridgehead atoms. The van der Waals surface area contributed by atoms with Gasteiger partial charge in [-0.3, -0.25) is 9.48 Å². The first-order valence-corrected chi connectivity index (χ1v) is 7.89. The summed E-state index contributed by atoms with van der Waals surface area (Å²) in [6, 6.07) is 9.63. The standard InChI is InChI=1S/C18H15FN6O/c1-23-12-14(10-20-23)22-17(26)16-11-21-25(15-6-4-13(19)5-7-15)18(16)24-8-2-3-9-24/h2-12H,1H3,(H,22,26). The number of rotatable bonds is 4. The highest BCUT2D eigenvalue weighted by molar-refractivity contribution is 6.06. The number of hydrogen-bond acceptors (Lipinski definition) is 3. The number of carbonyl (C=O) groups is 1. The van der Waals surface area contributed by atoms with Crippen molar-refractivity contribution in [3.05, 3.63) is 78.8 Å². The third kappa shape index (κ3) is 2.88. The van der Waals surface area contributed by atoms with Gasteiger partial charge < -0.3 is 9.88 Å². The summed E-state index contributed by atoms with van der Waals surface area (Å²) in [5.41, 5.74) is 1.62. The molecule has 0 aliphatic rings. The maximum absolute atomic E-state index is 13.2. The number of carbonyl (C=O) groups excluding carboxylic acids is 1. The van der Waals surface area contributed by atoms with Crippen LogP contribution in [0.3, 0.4) is 0 Å². The molecule has 0 saturated heterocycles. The molecule has 3 heterocycles. The van der Waals surface area contributed by atoms with Crippen LogP contribution < -0.4 is 5.32 Å². The highest BCUT2D eigenvalue weighted by Gasteiger charge is 2.20. The van der Waals surface area contributed by atoms with Gasteiger partial charge in [-0.2, -0.15) is 10.2 Å². The van der Waals surface area contributed by atoms with Crippen molar-refractivity contribution in [2.75, 3.05) is 5.32 Å². The van der Waals surface area contributed by atoms with Gasteiger partial charge in [0.15, 0.2) is 5.82 Å². The number of hydrogen-bond donors (Lipinski definition) is 1.